The Labute approximate surface area is 117 Å². The van der Waals surface area contributed by atoms with Gasteiger partial charge in [-0.15, -0.1) is 0 Å². The van der Waals surface area contributed by atoms with Crippen LogP contribution in [-0.4, -0.2) is 16.4 Å². The van der Waals surface area contributed by atoms with Crippen LogP contribution in [0.5, 0.6) is 0 Å². The second-order valence-corrected chi connectivity index (χ2v) is 5.42. The van der Waals surface area contributed by atoms with E-state index in [-0.39, 0.29) is 5.91 Å². The normalized spacial score (nSPS) is 17.5. The van der Waals surface area contributed by atoms with Gasteiger partial charge in [-0.1, -0.05) is 30.9 Å². The van der Waals surface area contributed by atoms with Crippen molar-refractivity contribution >= 4 is 17.5 Å². The average Bonchev–Trinajstić information content (AvgIpc) is 2.38. The van der Waals surface area contributed by atoms with E-state index >= 15 is 0 Å². The summed E-state index contributed by atoms with van der Waals surface area (Å²) in [6, 6.07) is 5.47. The molecule has 1 fully saturated rings. The summed E-state index contributed by atoms with van der Waals surface area (Å²) in [5, 5.41) is 12.5. The molecule has 0 spiro atoms. The smallest absolute Gasteiger partial charge is 0.252 e. The van der Waals surface area contributed by atoms with Gasteiger partial charge in [0.2, 0.25) is 0 Å². The van der Waals surface area contributed by atoms with Crippen LogP contribution in [0.25, 0.3) is 0 Å². The van der Waals surface area contributed by atoms with E-state index in [0.717, 1.165) is 19.3 Å². The number of aryl methyl sites for hydroxylation is 1. The van der Waals surface area contributed by atoms with Gasteiger partial charge in [-0.3, -0.25) is 4.79 Å². The number of amides is 1. The first-order valence-electron chi connectivity index (χ1n) is 6.43. The lowest BCUT2D eigenvalue weighted by molar-refractivity contribution is 0.0902. The molecule has 5 heteroatoms. The third kappa shape index (κ3) is 3.24. The van der Waals surface area contributed by atoms with Crippen molar-refractivity contribution in [2.24, 2.45) is 0 Å². The SMILES string of the molecule is Cc1cc(C(=O)NC2(C#N)CCCCC2)cc(Cl)n1. The van der Waals surface area contributed by atoms with Crippen LogP contribution >= 0.6 is 11.6 Å². The van der Waals surface area contributed by atoms with Crippen LogP contribution in [0.2, 0.25) is 5.15 Å². The summed E-state index contributed by atoms with van der Waals surface area (Å²) < 4.78 is 0. The van der Waals surface area contributed by atoms with E-state index in [9.17, 15) is 10.1 Å². The van der Waals surface area contributed by atoms with Gasteiger partial charge >= 0.3 is 0 Å². The van der Waals surface area contributed by atoms with Crippen molar-refractivity contribution in [2.75, 3.05) is 0 Å². The quantitative estimate of drug-likeness (QED) is 0.845. The monoisotopic (exact) mass is 277 g/mol. The fraction of sp³-hybridized carbons (Fsp3) is 0.500. The van der Waals surface area contributed by atoms with E-state index < -0.39 is 5.54 Å². The first-order valence-corrected chi connectivity index (χ1v) is 6.80. The Kier molecular flexibility index (Phi) is 4.06. The summed E-state index contributed by atoms with van der Waals surface area (Å²) in [5.74, 6) is -0.254. The number of hydrogen-bond donors (Lipinski definition) is 1. The molecule has 1 aliphatic rings. The van der Waals surface area contributed by atoms with Gasteiger partial charge in [-0.2, -0.15) is 5.26 Å². The summed E-state index contributed by atoms with van der Waals surface area (Å²) in [7, 11) is 0. The predicted molar refractivity (Wildman–Crippen MR) is 72.9 cm³/mol. The molecule has 19 heavy (non-hydrogen) atoms. The first-order chi connectivity index (χ1) is 9.04. The topological polar surface area (TPSA) is 65.8 Å². The summed E-state index contributed by atoms with van der Waals surface area (Å²) in [6.07, 6.45) is 4.51. The van der Waals surface area contributed by atoms with Crippen molar-refractivity contribution in [3.8, 4) is 6.07 Å². The third-order valence-electron chi connectivity index (χ3n) is 3.46. The molecule has 2 rings (SSSR count). The number of pyridine rings is 1. The zero-order chi connectivity index (χ0) is 13.9. The number of hydrogen-bond acceptors (Lipinski definition) is 3. The summed E-state index contributed by atoms with van der Waals surface area (Å²) in [4.78, 5) is 16.3. The van der Waals surface area contributed by atoms with Crippen LogP contribution < -0.4 is 5.32 Å². The molecule has 0 atom stereocenters. The highest BCUT2D eigenvalue weighted by Crippen LogP contribution is 2.28. The van der Waals surface area contributed by atoms with Crippen molar-refractivity contribution in [3.05, 3.63) is 28.5 Å². The van der Waals surface area contributed by atoms with E-state index in [4.69, 9.17) is 11.6 Å². The Bertz CT molecular complexity index is 510. The number of carbonyl (C=O) groups excluding carboxylic acids is 1. The molecule has 1 saturated carbocycles. The highest BCUT2D eigenvalue weighted by molar-refractivity contribution is 6.29. The Morgan fingerprint density at radius 2 is 2.11 bits per heavy atom. The van der Waals surface area contributed by atoms with Gasteiger partial charge in [-0.25, -0.2) is 4.98 Å². The number of halogens is 1. The van der Waals surface area contributed by atoms with Crippen LogP contribution in [-0.2, 0) is 0 Å². The average molecular weight is 278 g/mol. The molecular weight excluding hydrogens is 262 g/mol. The van der Waals surface area contributed by atoms with E-state index in [1.165, 1.54) is 6.07 Å². The number of carbonyl (C=O) groups is 1. The van der Waals surface area contributed by atoms with Crippen molar-refractivity contribution in [2.45, 2.75) is 44.6 Å². The Balaban J connectivity index is 2.18. The minimum atomic E-state index is -0.723. The molecular formula is C14H16ClN3O. The van der Waals surface area contributed by atoms with Gasteiger partial charge in [0.15, 0.2) is 0 Å². The summed E-state index contributed by atoms with van der Waals surface area (Å²) in [5.41, 5.74) is 0.420. The number of nitriles is 1. The Morgan fingerprint density at radius 3 is 2.68 bits per heavy atom. The molecule has 1 aromatic rings. The van der Waals surface area contributed by atoms with Crippen molar-refractivity contribution in [3.63, 3.8) is 0 Å². The lowest BCUT2D eigenvalue weighted by Crippen LogP contribution is -2.48. The Hall–Kier alpha value is -1.60. The maximum Gasteiger partial charge on any atom is 0.252 e. The lowest BCUT2D eigenvalue weighted by Gasteiger charge is -2.31. The lowest BCUT2D eigenvalue weighted by atomic mass is 9.82. The van der Waals surface area contributed by atoms with Crippen LogP contribution in [0.1, 0.15) is 48.2 Å². The Morgan fingerprint density at radius 1 is 1.42 bits per heavy atom. The fourth-order valence-corrected chi connectivity index (χ4v) is 2.72. The van der Waals surface area contributed by atoms with Crippen LogP contribution in [0, 0.1) is 18.3 Å². The molecule has 1 N–H and O–H groups in total. The number of aromatic nitrogens is 1. The molecule has 100 valence electrons. The molecule has 0 aromatic carbocycles. The van der Waals surface area contributed by atoms with Crippen LogP contribution in [0.15, 0.2) is 12.1 Å². The fourth-order valence-electron chi connectivity index (χ4n) is 2.47. The first kappa shape index (κ1) is 13.8. The molecule has 0 radical (unpaired) electrons. The van der Waals surface area contributed by atoms with Crippen molar-refractivity contribution < 1.29 is 4.79 Å². The van der Waals surface area contributed by atoms with E-state index in [2.05, 4.69) is 16.4 Å². The molecule has 0 saturated heterocycles. The van der Waals surface area contributed by atoms with Crippen LogP contribution in [0.4, 0.5) is 0 Å². The maximum atomic E-state index is 12.2. The van der Waals surface area contributed by atoms with Gasteiger partial charge in [0.1, 0.15) is 10.7 Å². The second-order valence-electron chi connectivity index (χ2n) is 5.03. The third-order valence-corrected chi connectivity index (χ3v) is 3.65. The molecule has 1 aliphatic carbocycles. The maximum absolute atomic E-state index is 12.2. The highest BCUT2D eigenvalue weighted by Gasteiger charge is 2.33. The summed E-state index contributed by atoms with van der Waals surface area (Å²) >= 11 is 5.85. The minimum Gasteiger partial charge on any atom is -0.334 e. The largest absolute Gasteiger partial charge is 0.334 e. The molecule has 1 amide bonds. The van der Waals surface area contributed by atoms with Gasteiger partial charge in [0, 0.05) is 11.3 Å². The van der Waals surface area contributed by atoms with Gasteiger partial charge in [0.05, 0.1) is 6.07 Å². The molecule has 1 heterocycles. The second kappa shape index (κ2) is 5.58. The van der Waals surface area contributed by atoms with Gasteiger partial charge in [-0.05, 0) is 31.9 Å². The van der Waals surface area contributed by atoms with Crippen molar-refractivity contribution in [1.29, 1.82) is 5.26 Å². The molecule has 1 aromatic heterocycles. The number of nitrogens with one attached hydrogen (secondary N) is 1. The number of nitrogens with zero attached hydrogens (tertiary/aromatic N) is 2. The molecule has 0 aliphatic heterocycles. The minimum absolute atomic E-state index is 0.254. The van der Waals surface area contributed by atoms with Crippen molar-refractivity contribution in [1.82, 2.24) is 10.3 Å². The molecule has 0 bridgehead atoms. The zero-order valence-electron chi connectivity index (χ0n) is 10.9. The predicted octanol–water partition coefficient (Wildman–Crippen LogP) is 3.00. The van der Waals surface area contributed by atoms with E-state index in [1.54, 1.807) is 13.0 Å². The van der Waals surface area contributed by atoms with Crippen LogP contribution in [0.3, 0.4) is 0 Å². The van der Waals surface area contributed by atoms with Gasteiger partial charge < -0.3 is 5.32 Å². The highest BCUT2D eigenvalue weighted by atomic mass is 35.5. The van der Waals surface area contributed by atoms with E-state index in [1.807, 2.05) is 0 Å². The zero-order valence-corrected chi connectivity index (χ0v) is 11.6. The van der Waals surface area contributed by atoms with Gasteiger partial charge in [0.25, 0.3) is 5.91 Å². The van der Waals surface area contributed by atoms with E-state index in [0.29, 0.717) is 29.3 Å². The molecule has 0 unspecified atom stereocenters. The molecule has 4 nitrogen and oxygen atoms in total. The summed E-state index contributed by atoms with van der Waals surface area (Å²) in [6.45, 7) is 1.78. The number of rotatable bonds is 2. The standard InChI is InChI=1S/C14H16ClN3O/c1-10-7-11(8-12(15)17-10)13(19)18-14(9-16)5-3-2-4-6-14/h7-8H,2-6H2,1H3,(H,18,19).